The van der Waals surface area contributed by atoms with Gasteiger partial charge in [0.15, 0.2) is 5.96 Å². The van der Waals surface area contributed by atoms with Gasteiger partial charge in [-0.25, -0.2) is 9.98 Å². The van der Waals surface area contributed by atoms with Crippen molar-refractivity contribution in [1.82, 2.24) is 15.6 Å². The maximum absolute atomic E-state index is 11.7. The van der Waals surface area contributed by atoms with E-state index >= 15 is 0 Å². The molecule has 0 radical (unpaired) electrons. The molecule has 0 aliphatic carbocycles. The fourth-order valence-electron chi connectivity index (χ4n) is 2.30. The number of thiazole rings is 1. The zero-order valence-electron chi connectivity index (χ0n) is 16.5. The van der Waals surface area contributed by atoms with Gasteiger partial charge in [-0.1, -0.05) is 26.0 Å². The van der Waals surface area contributed by atoms with Crippen molar-refractivity contribution in [2.24, 2.45) is 10.9 Å². The number of guanidine groups is 1. The van der Waals surface area contributed by atoms with Crippen LogP contribution in [0.15, 0.2) is 35.5 Å². The number of carbonyl (C=O) groups excluding carboxylic acids is 1. The minimum Gasteiger partial charge on any atom is -0.357 e. The van der Waals surface area contributed by atoms with Crippen LogP contribution in [0.4, 0.5) is 5.69 Å². The highest BCUT2D eigenvalue weighted by Gasteiger charge is 2.06. The van der Waals surface area contributed by atoms with Crippen LogP contribution in [0.3, 0.4) is 0 Å². The molecular weight excluding hydrogens is 358 g/mol. The molecule has 0 aliphatic rings. The maximum Gasteiger partial charge on any atom is 0.226 e. The number of nitrogens with zero attached hydrogens (tertiary/aromatic N) is 2. The molecule has 0 unspecified atom stereocenters. The molecule has 1 aromatic carbocycles. The molecule has 0 aliphatic heterocycles. The lowest BCUT2D eigenvalue weighted by Gasteiger charge is -2.11. The maximum atomic E-state index is 11.7. The smallest absolute Gasteiger partial charge is 0.226 e. The number of aromatic nitrogens is 1. The number of aryl methyl sites for hydroxylation is 1. The van der Waals surface area contributed by atoms with Crippen molar-refractivity contribution in [3.63, 3.8) is 0 Å². The summed E-state index contributed by atoms with van der Waals surface area (Å²) in [4.78, 5) is 22.0. The summed E-state index contributed by atoms with van der Waals surface area (Å²) in [6.45, 7) is 10.0. The van der Waals surface area contributed by atoms with Gasteiger partial charge in [-0.3, -0.25) is 4.79 Å². The number of aliphatic imine (C=N–C) groups is 1. The van der Waals surface area contributed by atoms with Crippen molar-refractivity contribution in [1.29, 1.82) is 0 Å². The lowest BCUT2D eigenvalue weighted by molar-refractivity contribution is -0.118. The van der Waals surface area contributed by atoms with E-state index in [4.69, 9.17) is 0 Å². The quantitative estimate of drug-likeness (QED) is 0.479. The molecule has 2 aromatic rings. The Morgan fingerprint density at radius 3 is 2.56 bits per heavy atom. The predicted molar refractivity (Wildman–Crippen MR) is 113 cm³/mol. The molecule has 1 heterocycles. The second-order valence-electron chi connectivity index (χ2n) is 6.58. The molecular formula is C20H29N5OS. The number of benzene rings is 1. The normalized spacial score (nSPS) is 11.5. The van der Waals surface area contributed by atoms with Crippen LogP contribution in [0, 0.1) is 12.8 Å². The highest BCUT2D eigenvalue weighted by Crippen LogP contribution is 2.12. The Labute approximate surface area is 165 Å². The van der Waals surface area contributed by atoms with E-state index in [-0.39, 0.29) is 11.8 Å². The minimum atomic E-state index is -0.0312. The van der Waals surface area contributed by atoms with E-state index in [1.54, 1.807) is 11.3 Å². The standard InChI is InChI=1S/C20H29N5OS/c1-5-21-20(22-11-10-18-23-12-15(4)27-18)24-13-16-6-8-17(9-7-16)25-19(26)14(2)3/h6-9,12,14H,5,10-11,13H2,1-4H3,(H,25,26)(H2,21,22,24). The summed E-state index contributed by atoms with van der Waals surface area (Å²) < 4.78 is 0. The Bertz CT molecular complexity index is 752. The van der Waals surface area contributed by atoms with Gasteiger partial charge in [0, 0.05) is 42.2 Å². The van der Waals surface area contributed by atoms with Crippen molar-refractivity contribution in [3.8, 4) is 0 Å². The molecule has 0 saturated carbocycles. The van der Waals surface area contributed by atoms with Crippen molar-refractivity contribution in [2.45, 2.75) is 40.7 Å². The third kappa shape index (κ3) is 7.38. The monoisotopic (exact) mass is 387 g/mol. The van der Waals surface area contributed by atoms with Crippen LogP contribution < -0.4 is 16.0 Å². The Kier molecular flexibility index (Phi) is 8.26. The zero-order chi connectivity index (χ0) is 19.6. The first kappa shape index (κ1) is 20.9. The van der Waals surface area contributed by atoms with Gasteiger partial charge in [0.25, 0.3) is 0 Å². The van der Waals surface area contributed by atoms with Crippen LogP contribution in [0.5, 0.6) is 0 Å². The van der Waals surface area contributed by atoms with E-state index < -0.39 is 0 Å². The van der Waals surface area contributed by atoms with Crippen LogP contribution in [-0.2, 0) is 17.8 Å². The molecule has 7 heteroatoms. The second-order valence-corrected chi connectivity index (χ2v) is 7.90. The zero-order valence-corrected chi connectivity index (χ0v) is 17.3. The molecule has 0 atom stereocenters. The number of amides is 1. The average Bonchev–Trinajstić information content (AvgIpc) is 3.06. The van der Waals surface area contributed by atoms with Gasteiger partial charge in [-0.2, -0.15) is 0 Å². The van der Waals surface area contributed by atoms with Crippen molar-refractivity contribution < 1.29 is 4.79 Å². The molecule has 0 spiro atoms. The van der Waals surface area contributed by atoms with Gasteiger partial charge in [-0.05, 0) is 31.5 Å². The van der Waals surface area contributed by atoms with Crippen molar-refractivity contribution in [2.75, 3.05) is 18.4 Å². The van der Waals surface area contributed by atoms with Crippen LogP contribution >= 0.6 is 11.3 Å². The summed E-state index contributed by atoms with van der Waals surface area (Å²) in [6.07, 6.45) is 2.79. The third-order valence-corrected chi connectivity index (χ3v) is 4.78. The van der Waals surface area contributed by atoms with Gasteiger partial charge >= 0.3 is 0 Å². The second kappa shape index (κ2) is 10.7. The van der Waals surface area contributed by atoms with E-state index in [0.717, 1.165) is 41.7 Å². The molecule has 1 aromatic heterocycles. The first-order chi connectivity index (χ1) is 13.0. The lowest BCUT2D eigenvalue weighted by atomic mass is 10.2. The van der Waals surface area contributed by atoms with Gasteiger partial charge < -0.3 is 16.0 Å². The number of hydrogen-bond acceptors (Lipinski definition) is 4. The number of hydrogen-bond donors (Lipinski definition) is 3. The Morgan fingerprint density at radius 2 is 1.96 bits per heavy atom. The predicted octanol–water partition coefficient (Wildman–Crippen LogP) is 3.34. The largest absolute Gasteiger partial charge is 0.357 e. The van der Waals surface area contributed by atoms with Crippen LogP contribution in [-0.4, -0.2) is 29.9 Å². The fourth-order valence-corrected chi connectivity index (χ4v) is 3.08. The van der Waals surface area contributed by atoms with Gasteiger partial charge in [0.2, 0.25) is 5.91 Å². The summed E-state index contributed by atoms with van der Waals surface area (Å²) in [5.74, 6) is 0.786. The first-order valence-corrected chi connectivity index (χ1v) is 10.1. The summed E-state index contributed by atoms with van der Waals surface area (Å²) in [7, 11) is 0. The molecule has 2 rings (SSSR count). The summed E-state index contributed by atoms with van der Waals surface area (Å²) >= 11 is 1.73. The highest BCUT2D eigenvalue weighted by atomic mass is 32.1. The number of rotatable bonds is 8. The molecule has 1 amide bonds. The molecule has 0 fully saturated rings. The Balaban J connectivity index is 1.86. The molecule has 0 saturated heterocycles. The topological polar surface area (TPSA) is 78.4 Å². The van der Waals surface area contributed by atoms with E-state index in [1.807, 2.05) is 51.2 Å². The fraction of sp³-hybridized carbons (Fsp3) is 0.450. The van der Waals surface area contributed by atoms with E-state index in [0.29, 0.717) is 6.54 Å². The third-order valence-electron chi connectivity index (χ3n) is 3.81. The van der Waals surface area contributed by atoms with Crippen LogP contribution in [0.25, 0.3) is 0 Å². The summed E-state index contributed by atoms with van der Waals surface area (Å²) in [5.41, 5.74) is 1.90. The Hall–Kier alpha value is -2.41. The average molecular weight is 388 g/mol. The Morgan fingerprint density at radius 1 is 1.22 bits per heavy atom. The summed E-state index contributed by atoms with van der Waals surface area (Å²) in [6, 6.07) is 7.80. The van der Waals surface area contributed by atoms with E-state index in [9.17, 15) is 4.79 Å². The lowest BCUT2D eigenvalue weighted by Crippen LogP contribution is -2.38. The molecule has 146 valence electrons. The summed E-state index contributed by atoms with van der Waals surface area (Å²) in [5, 5.41) is 10.6. The highest BCUT2D eigenvalue weighted by molar-refractivity contribution is 7.11. The van der Waals surface area contributed by atoms with Crippen molar-refractivity contribution >= 4 is 28.9 Å². The first-order valence-electron chi connectivity index (χ1n) is 9.31. The van der Waals surface area contributed by atoms with Gasteiger partial charge in [0.1, 0.15) is 0 Å². The SMILES string of the molecule is CCNC(=NCc1ccc(NC(=O)C(C)C)cc1)NCCc1ncc(C)s1. The molecule has 6 nitrogen and oxygen atoms in total. The number of carbonyl (C=O) groups is 1. The van der Waals surface area contributed by atoms with E-state index in [2.05, 4.69) is 32.9 Å². The van der Waals surface area contributed by atoms with Crippen molar-refractivity contribution in [3.05, 3.63) is 45.9 Å². The van der Waals surface area contributed by atoms with E-state index in [1.165, 1.54) is 4.88 Å². The number of anilines is 1. The molecule has 0 bridgehead atoms. The van der Waals surface area contributed by atoms with Gasteiger partial charge in [-0.15, -0.1) is 11.3 Å². The number of nitrogens with one attached hydrogen (secondary N) is 3. The van der Waals surface area contributed by atoms with Crippen LogP contribution in [0.2, 0.25) is 0 Å². The minimum absolute atomic E-state index is 0.0230. The molecule has 3 N–H and O–H groups in total. The van der Waals surface area contributed by atoms with Gasteiger partial charge in [0.05, 0.1) is 11.6 Å². The van der Waals surface area contributed by atoms with Crippen LogP contribution in [0.1, 0.15) is 36.2 Å². The molecule has 27 heavy (non-hydrogen) atoms.